The number of aromatic nitrogens is 1. The van der Waals surface area contributed by atoms with Gasteiger partial charge in [0.15, 0.2) is 0 Å². The Labute approximate surface area is 92.3 Å². The van der Waals surface area contributed by atoms with Gasteiger partial charge in [-0.25, -0.2) is 8.42 Å². The number of aromatic amines is 1. The van der Waals surface area contributed by atoms with Crippen molar-refractivity contribution in [2.24, 2.45) is 0 Å². The molecule has 0 bridgehead atoms. The van der Waals surface area contributed by atoms with Gasteiger partial charge in [-0.2, -0.15) is 0 Å². The maximum Gasteiger partial charge on any atom is 0.229 e. The van der Waals surface area contributed by atoms with Crippen LogP contribution in [0.15, 0.2) is 24.4 Å². The van der Waals surface area contributed by atoms with Crippen LogP contribution in [0.2, 0.25) is 5.02 Å². The van der Waals surface area contributed by atoms with E-state index in [1.807, 2.05) is 0 Å². The first-order valence-corrected chi connectivity index (χ1v) is 6.47. The number of H-pyrrole nitrogens is 1. The standard InChI is InChI=1S/C9H9ClN2O2S/c1-15(13,14)12-6-2-3-9-7(4-6)8(10)5-11-9/h2-5,11-12H,1H3. The third kappa shape index (κ3) is 2.24. The molecule has 2 rings (SSSR count). The topological polar surface area (TPSA) is 62.0 Å². The number of anilines is 1. The molecule has 80 valence electrons. The monoisotopic (exact) mass is 244 g/mol. The first-order chi connectivity index (χ1) is 6.96. The molecule has 0 saturated heterocycles. The second kappa shape index (κ2) is 3.43. The van der Waals surface area contributed by atoms with Gasteiger partial charge in [0.1, 0.15) is 0 Å². The van der Waals surface area contributed by atoms with E-state index < -0.39 is 10.0 Å². The van der Waals surface area contributed by atoms with Crippen LogP contribution in [0.5, 0.6) is 0 Å². The van der Waals surface area contributed by atoms with Crippen LogP contribution in [-0.4, -0.2) is 19.7 Å². The normalized spacial score (nSPS) is 11.9. The molecule has 2 N–H and O–H groups in total. The van der Waals surface area contributed by atoms with E-state index in [9.17, 15) is 8.42 Å². The summed E-state index contributed by atoms with van der Waals surface area (Å²) in [7, 11) is -3.25. The Morgan fingerprint density at radius 3 is 2.80 bits per heavy atom. The third-order valence-corrected chi connectivity index (χ3v) is 2.85. The number of benzene rings is 1. The number of rotatable bonds is 2. The summed E-state index contributed by atoms with van der Waals surface area (Å²) in [4.78, 5) is 2.97. The molecule has 0 atom stereocenters. The Morgan fingerprint density at radius 1 is 1.40 bits per heavy atom. The molecular formula is C9H9ClN2O2S. The summed E-state index contributed by atoms with van der Waals surface area (Å²) in [6, 6.07) is 5.14. The van der Waals surface area contributed by atoms with Gasteiger partial charge in [-0.15, -0.1) is 0 Å². The van der Waals surface area contributed by atoms with Gasteiger partial charge in [-0.05, 0) is 18.2 Å². The molecule has 0 aliphatic heterocycles. The van der Waals surface area contributed by atoms with Gasteiger partial charge in [0.05, 0.1) is 11.3 Å². The highest BCUT2D eigenvalue weighted by molar-refractivity contribution is 7.92. The average molecular weight is 245 g/mol. The fourth-order valence-electron chi connectivity index (χ4n) is 1.36. The largest absolute Gasteiger partial charge is 0.360 e. The molecule has 0 aliphatic rings. The van der Waals surface area contributed by atoms with Crippen molar-refractivity contribution in [3.8, 4) is 0 Å². The molecule has 6 heteroatoms. The molecule has 0 radical (unpaired) electrons. The zero-order valence-corrected chi connectivity index (χ0v) is 9.48. The van der Waals surface area contributed by atoms with Crippen molar-refractivity contribution in [2.75, 3.05) is 11.0 Å². The van der Waals surface area contributed by atoms with Crippen molar-refractivity contribution in [1.82, 2.24) is 4.98 Å². The predicted octanol–water partition coefficient (Wildman–Crippen LogP) is 2.19. The first kappa shape index (κ1) is 10.3. The molecule has 4 nitrogen and oxygen atoms in total. The third-order valence-electron chi connectivity index (χ3n) is 1.93. The van der Waals surface area contributed by atoms with Crippen molar-refractivity contribution >= 4 is 38.2 Å². The maximum atomic E-state index is 11.0. The van der Waals surface area contributed by atoms with Gasteiger partial charge >= 0.3 is 0 Å². The summed E-state index contributed by atoms with van der Waals surface area (Å²) >= 11 is 5.91. The Hall–Kier alpha value is -1.20. The van der Waals surface area contributed by atoms with Gasteiger partial charge in [-0.3, -0.25) is 4.72 Å². The highest BCUT2D eigenvalue weighted by atomic mass is 35.5. The predicted molar refractivity (Wildman–Crippen MR) is 61.8 cm³/mol. The molecule has 0 saturated carbocycles. The van der Waals surface area contributed by atoms with Crippen LogP contribution >= 0.6 is 11.6 Å². The zero-order valence-electron chi connectivity index (χ0n) is 7.91. The minimum atomic E-state index is -3.25. The van der Waals surface area contributed by atoms with Crippen LogP contribution in [0.4, 0.5) is 5.69 Å². The molecule has 1 aromatic carbocycles. The van der Waals surface area contributed by atoms with Crippen molar-refractivity contribution in [3.05, 3.63) is 29.4 Å². The molecule has 0 unspecified atom stereocenters. The summed E-state index contributed by atoms with van der Waals surface area (Å²) in [6.45, 7) is 0. The van der Waals surface area contributed by atoms with E-state index in [0.29, 0.717) is 10.7 Å². The van der Waals surface area contributed by atoms with Gasteiger partial charge < -0.3 is 4.98 Å². The van der Waals surface area contributed by atoms with Crippen molar-refractivity contribution < 1.29 is 8.42 Å². The van der Waals surface area contributed by atoms with Gasteiger partial charge in [0.2, 0.25) is 10.0 Å². The summed E-state index contributed by atoms with van der Waals surface area (Å²) in [5, 5.41) is 1.37. The number of fused-ring (bicyclic) bond motifs is 1. The van der Waals surface area contributed by atoms with E-state index in [1.165, 1.54) is 0 Å². The number of sulfonamides is 1. The molecule has 0 amide bonds. The molecular weight excluding hydrogens is 236 g/mol. The summed E-state index contributed by atoms with van der Waals surface area (Å²) < 4.78 is 24.4. The Bertz CT molecular complexity index is 604. The molecule has 1 heterocycles. The van der Waals surface area contributed by atoms with E-state index in [-0.39, 0.29) is 0 Å². The highest BCUT2D eigenvalue weighted by Gasteiger charge is 2.05. The molecule has 2 aromatic rings. The fourth-order valence-corrected chi connectivity index (χ4v) is 2.13. The van der Waals surface area contributed by atoms with Crippen LogP contribution in [0.1, 0.15) is 0 Å². The first-order valence-electron chi connectivity index (χ1n) is 4.20. The maximum absolute atomic E-state index is 11.0. The lowest BCUT2D eigenvalue weighted by Crippen LogP contribution is -2.09. The van der Waals surface area contributed by atoms with Crippen LogP contribution in [0.25, 0.3) is 10.9 Å². The second-order valence-corrected chi connectivity index (χ2v) is 5.43. The second-order valence-electron chi connectivity index (χ2n) is 3.27. The summed E-state index contributed by atoms with van der Waals surface area (Å²) in [6.07, 6.45) is 2.77. The fraction of sp³-hybridized carbons (Fsp3) is 0.111. The Morgan fingerprint density at radius 2 is 2.13 bits per heavy atom. The minimum absolute atomic E-state index is 0.506. The minimum Gasteiger partial charge on any atom is -0.360 e. The van der Waals surface area contributed by atoms with E-state index in [2.05, 4.69) is 9.71 Å². The van der Waals surface area contributed by atoms with E-state index >= 15 is 0 Å². The number of hydrogen-bond donors (Lipinski definition) is 2. The molecule has 0 aliphatic carbocycles. The van der Waals surface area contributed by atoms with Gasteiger partial charge in [-0.1, -0.05) is 11.6 Å². The lowest BCUT2D eigenvalue weighted by Gasteiger charge is -2.03. The number of hydrogen-bond acceptors (Lipinski definition) is 2. The van der Waals surface area contributed by atoms with Gasteiger partial charge in [0, 0.05) is 22.8 Å². The Balaban J connectivity index is 2.51. The van der Waals surface area contributed by atoms with Crippen LogP contribution in [0.3, 0.4) is 0 Å². The van der Waals surface area contributed by atoms with Crippen molar-refractivity contribution in [2.45, 2.75) is 0 Å². The van der Waals surface area contributed by atoms with Crippen LogP contribution in [-0.2, 0) is 10.0 Å². The smallest absolute Gasteiger partial charge is 0.229 e. The zero-order chi connectivity index (χ0) is 11.1. The molecule has 0 fully saturated rings. The molecule has 15 heavy (non-hydrogen) atoms. The van der Waals surface area contributed by atoms with E-state index in [1.54, 1.807) is 24.4 Å². The van der Waals surface area contributed by atoms with Crippen molar-refractivity contribution in [1.29, 1.82) is 0 Å². The average Bonchev–Trinajstić information content (AvgIpc) is 2.45. The quantitative estimate of drug-likeness (QED) is 0.851. The summed E-state index contributed by atoms with van der Waals surface area (Å²) in [5.41, 5.74) is 1.38. The highest BCUT2D eigenvalue weighted by Crippen LogP contribution is 2.25. The number of halogens is 1. The van der Waals surface area contributed by atoms with E-state index in [4.69, 9.17) is 11.6 Å². The van der Waals surface area contributed by atoms with Crippen LogP contribution < -0.4 is 4.72 Å². The Kier molecular flexibility index (Phi) is 2.36. The number of nitrogens with one attached hydrogen (secondary N) is 2. The van der Waals surface area contributed by atoms with Gasteiger partial charge in [0.25, 0.3) is 0 Å². The molecule has 0 spiro atoms. The van der Waals surface area contributed by atoms with Crippen LogP contribution in [0, 0.1) is 0 Å². The lowest BCUT2D eigenvalue weighted by molar-refractivity contribution is 0.607. The van der Waals surface area contributed by atoms with E-state index in [0.717, 1.165) is 17.2 Å². The summed E-state index contributed by atoms with van der Waals surface area (Å²) in [5.74, 6) is 0. The SMILES string of the molecule is CS(=O)(=O)Nc1ccc2[nH]cc(Cl)c2c1. The molecule has 1 aromatic heterocycles. The lowest BCUT2D eigenvalue weighted by atomic mass is 10.2. The van der Waals surface area contributed by atoms with Crippen molar-refractivity contribution in [3.63, 3.8) is 0 Å².